The maximum atomic E-state index is 10.5. The summed E-state index contributed by atoms with van der Waals surface area (Å²) in [6.07, 6.45) is 1.48. The summed E-state index contributed by atoms with van der Waals surface area (Å²) < 4.78 is 3.44. The molecule has 0 aliphatic heterocycles. The first kappa shape index (κ1) is 14.9. The molecule has 2 nitrogen and oxygen atoms in total. The number of hydrogen-bond donors (Lipinski definition) is 1. The standard InChI is InChI=1S/C18H22BrNO/c1-11-8-13-16(9-18(3,4)10-17(13)21)20(11)15-7-5-6-14(19)12(15)2/h5-8,17,21H,9-10H2,1-4H3. The van der Waals surface area contributed by atoms with E-state index in [2.05, 4.69) is 72.5 Å². The summed E-state index contributed by atoms with van der Waals surface area (Å²) in [6.45, 7) is 8.73. The van der Waals surface area contributed by atoms with Gasteiger partial charge in [-0.15, -0.1) is 0 Å². The molecule has 0 saturated heterocycles. The minimum atomic E-state index is -0.351. The molecule has 0 spiro atoms. The van der Waals surface area contributed by atoms with Gasteiger partial charge >= 0.3 is 0 Å². The lowest BCUT2D eigenvalue weighted by Gasteiger charge is -2.34. The Kier molecular flexibility index (Phi) is 3.53. The van der Waals surface area contributed by atoms with Gasteiger partial charge in [0, 0.05) is 27.1 Å². The molecule has 1 aliphatic rings. The molecule has 112 valence electrons. The highest BCUT2D eigenvalue weighted by Gasteiger charge is 2.34. The first-order chi connectivity index (χ1) is 9.80. The Morgan fingerprint density at radius 1 is 1.29 bits per heavy atom. The van der Waals surface area contributed by atoms with Crippen LogP contribution in [0.15, 0.2) is 28.7 Å². The molecule has 0 bridgehead atoms. The highest BCUT2D eigenvalue weighted by atomic mass is 79.9. The number of aliphatic hydroxyl groups is 1. The largest absolute Gasteiger partial charge is 0.388 e. The Bertz CT molecular complexity index is 699. The van der Waals surface area contributed by atoms with Crippen LogP contribution in [-0.4, -0.2) is 9.67 Å². The molecule has 0 saturated carbocycles. The minimum absolute atomic E-state index is 0.134. The van der Waals surface area contributed by atoms with Crippen molar-refractivity contribution in [1.82, 2.24) is 4.57 Å². The summed E-state index contributed by atoms with van der Waals surface area (Å²) in [5.74, 6) is 0. The molecule has 3 rings (SSSR count). The Labute approximate surface area is 134 Å². The maximum absolute atomic E-state index is 10.5. The fourth-order valence-electron chi connectivity index (χ4n) is 3.52. The van der Waals surface area contributed by atoms with Gasteiger partial charge in [-0.25, -0.2) is 0 Å². The van der Waals surface area contributed by atoms with Crippen molar-refractivity contribution < 1.29 is 5.11 Å². The summed E-state index contributed by atoms with van der Waals surface area (Å²) >= 11 is 3.62. The van der Waals surface area contributed by atoms with Crippen molar-refractivity contribution in [2.24, 2.45) is 5.41 Å². The van der Waals surface area contributed by atoms with Crippen LogP contribution in [0.5, 0.6) is 0 Å². The average molecular weight is 348 g/mol. The number of fused-ring (bicyclic) bond motifs is 1. The van der Waals surface area contributed by atoms with Crippen molar-refractivity contribution in [3.8, 4) is 5.69 Å². The zero-order valence-electron chi connectivity index (χ0n) is 13.1. The van der Waals surface area contributed by atoms with E-state index in [-0.39, 0.29) is 11.5 Å². The fraction of sp³-hybridized carbons (Fsp3) is 0.444. The predicted octanol–water partition coefficient (Wildman–Crippen LogP) is 4.86. The van der Waals surface area contributed by atoms with Crippen molar-refractivity contribution in [2.45, 2.75) is 46.6 Å². The van der Waals surface area contributed by atoms with Crippen LogP contribution < -0.4 is 0 Å². The molecule has 1 heterocycles. The number of aryl methyl sites for hydroxylation is 1. The normalized spacial score (nSPS) is 20.4. The highest BCUT2D eigenvalue weighted by Crippen LogP contribution is 2.43. The van der Waals surface area contributed by atoms with Gasteiger partial charge in [-0.2, -0.15) is 0 Å². The van der Waals surface area contributed by atoms with E-state index >= 15 is 0 Å². The Morgan fingerprint density at radius 3 is 2.71 bits per heavy atom. The zero-order chi connectivity index (χ0) is 15.4. The van der Waals surface area contributed by atoms with Gasteiger partial charge in [0.15, 0.2) is 0 Å². The molecular formula is C18H22BrNO. The molecular weight excluding hydrogens is 326 g/mol. The quantitative estimate of drug-likeness (QED) is 0.782. The smallest absolute Gasteiger partial charge is 0.0812 e. The van der Waals surface area contributed by atoms with Crippen molar-refractivity contribution in [2.75, 3.05) is 0 Å². The van der Waals surface area contributed by atoms with E-state index in [1.807, 2.05) is 0 Å². The lowest BCUT2D eigenvalue weighted by molar-refractivity contribution is 0.0987. The Balaban J connectivity index is 2.24. The van der Waals surface area contributed by atoms with Crippen LogP contribution in [0, 0.1) is 19.3 Å². The summed E-state index contributed by atoms with van der Waals surface area (Å²) in [4.78, 5) is 0. The van der Waals surface area contributed by atoms with E-state index in [9.17, 15) is 5.11 Å². The number of nitrogens with zero attached hydrogens (tertiary/aromatic N) is 1. The van der Waals surface area contributed by atoms with Crippen LogP contribution in [0.3, 0.4) is 0 Å². The monoisotopic (exact) mass is 347 g/mol. The molecule has 0 fully saturated rings. The molecule has 1 aliphatic carbocycles. The van der Waals surface area contributed by atoms with Crippen LogP contribution in [-0.2, 0) is 6.42 Å². The van der Waals surface area contributed by atoms with E-state index in [1.54, 1.807) is 0 Å². The summed E-state index contributed by atoms with van der Waals surface area (Å²) in [7, 11) is 0. The van der Waals surface area contributed by atoms with E-state index in [0.717, 1.165) is 22.9 Å². The van der Waals surface area contributed by atoms with Crippen LogP contribution in [0.1, 0.15) is 48.9 Å². The Morgan fingerprint density at radius 2 is 2.00 bits per heavy atom. The third-order valence-electron chi connectivity index (χ3n) is 4.55. The molecule has 1 aromatic heterocycles. The van der Waals surface area contributed by atoms with E-state index in [1.165, 1.54) is 22.6 Å². The lowest BCUT2D eigenvalue weighted by Crippen LogP contribution is -2.26. The SMILES string of the molecule is Cc1c(Br)cccc1-n1c(C)cc2c1CC(C)(C)CC2O. The molecule has 3 heteroatoms. The van der Waals surface area contributed by atoms with E-state index in [0.29, 0.717) is 0 Å². The molecule has 1 atom stereocenters. The maximum Gasteiger partial charge on any atom is 0.0812 e. The molecule has 1 aromatic carbocycles. The van der Waals surface area contributed by atoms with Gasteiger partial charge in [-0.1, -0.05) is 35.8 Å². The third-order valence-corrected chi connectivity index (χ3v) is 5.41. The molecule has 1 N–H and O–H groups in total. The van der Waals surface area contributed by atoms with Gasteiger partial charge in [0.25, 0.3) is 0 Å². The van der Waals surface area contributed by atoms with Crippen LogP contribution >= 0.6 is 15.9 Å². The zero-order valence-corrected chi connectivity index (χ0v) is 14.7. The molecule has 2 aromatic rings. The number of halogens is 1. The highest BCUT2D eigenvalue weighted by molar-refractivity contribution is 9.10. The van der Waals surface area contributed by atoms with Crippen molar-refractivity contribution in [1.29, 1.82) is 0 Å². The average Bonchev–Trinajstić information content (AvgIpc) is 2.69. The van der Waals surface area contributed by atoms with Crippen LogP contribution in [0.25, 0.3) is 5.69 Å². The molecule has 0 radical (unpaired) electrons. The third kappa shape index (κ3) is 2.47. The van der Waals surface area contributed by atoms with Gasteiger partial charge in [0.2, 0.25) is 0 Å². The van der Waals surface area contributed by atoms with Gasteiger partial charge in [-0.05, 0) is 55.9 Å². The van der Waals surface area contributed by atoms with Gasteiger partial charge < -0.3 is 9.67 Å². The second-order valence-corrected chi connectivity index (χ2v) is 7.82. The van der Waals surface area contributed by atoms with Gasteiger partial charge in [0.1, 0.15) is 0 Å². The first-order valence-corrected chi connectivity index (χ1v) is 8.24. The van der Waals surface area contributed by atoms with Crippen LogP contribution in [0.4, 0.5) is 0 Å². The molecule has 0 amide bonds. The number of rotatable bonds is 1. The predicted molar refractivity (Wildman–Crippen MR) is 90.0 cm³/mol. The Hall–Kier alpha value is -1.06. The summed E-state index contributed by atoms with van der Waals surface area (Å²) in [5, 5.41) is 10.5. The number of aliphatic hydroxyl groups excluding tert-OH is 1. The van der Waals surface area contributed by atoms with Crippen molar-refractivity contribution in [3.05, 3.63) is 51.3 Å². The van der Waals surface area contributed by atoms with E-state index < -0.39 is 0 Å². The van der Waals surface area contributed by atoms with Crippen LogP contribution in [0.2, 0.25) is 0 Å². The van der Waals surface area contributed by atoms with E-state index in [4.69, 9.17) is 0 Å². The number of benzene rings is 1. The lowest BCUT2D eigenvalue weighted by atomic mass is 9.75. The van der Waals surface area contributed by atoms with Gasteiger partial charge in [-0.3, -0.25) is 0 Å². The van der Waals surface area contributed by atoms with Gasteiger partial charge in [0.05, 0.1) is 6.10 Å². The fourth-order valence-corrected chi connectivity index (χ4v) is 3.87. The second kappa shape index (κ2) is 4.99. The second-order valence-electron chi connectivity index (χ2n) is 6.97. The molecule has 21 heavy (non-hydrogen) atoms. The molecule has 1 unspecified atom stereocenters. The number of aromatic nitrogens is 1. The number of hydrogen-bond acceptors (Lipinski definition) is 1. The summed E-state index contributed by atoms with van der Waals surface area (Å²) in [5.41, 5.74) is 6.13. The van der Waals surface area contributed by atoms with Crippen molar-refractivity contribution >= 4 is 15.9 Å². The topological polar surface area (TPSA) is 25.2 Å². The first-order valence-electron chi connectivity index (χ1n) is 7.45. The van der Waals surface area contributed by atoms with Crippen molar-refractivity contribution in [3.63, 3.8) is 0 Å². The minimum Gasteiger partial charge on any atom is -0.388 e. The summed E-state index contributed by atoms with van der Waals surface area (Å²) in [6, 6.07) is 8.45.